The molecular weight excluding hydrogens is 388 g/mol. The number of amides is 1. The molecule has 2 heterocycles. The molecule has 2 fully saturated rings. The first kappa shape index (κ1) is 20.0. The smallest absolute Gasteiger partial charge is 0.410 e. The predicted molar refractivity (Wildman–Crippen MR) is 120 cm³/mol. The topological polar surface area (TPSA) is 78.3 Å². The van der Waals surface area contributed by atoms with Gasteiger partial charge in [-0.3, -0.25) is 0 Å². The maximum Gasteiger partial charge on any atom is 0.410 e. The molecule has 1 aliphatic carbocycles. The molecule has 0 N–H and O–H groups in total. The van der Waals surface area contributed by atoms with Crippen LogP contribution < -0.4 is 0 Å². The highest BCUT2D eigenvalue weighted by Gasteiger charge is 2.41. The monoisotopic (exact) mass is 416 g/mol. The van der Waals surface area contributed by atoms with Gasteiger partial charge in [-0.2, -0.15) is 0 Å². The van der Waals surface area contributed by atoms with Gasteiger partial charge in [0, 0.05) is 29.5 Å². The average molecular weight is 417 g/mol. The Balaban J connectivity index is 1.28. The van der Waals surface area contributed by atoms with Crippen LogP contribution in [0, 0.1) is 5.92 Å². The summed E-state index contributed by atoms with van der Waals surface area (Å²) < 4.78 is 5.97. The molecule has 0 radical (unpaired) electrons. The molecule has 31 heavy (non-hydrogen) atoms. The van der Waals surface area contributed by atoms with E-state index < -0.39 is 0 Å². The molecule has 0 saturated carbocycles. The molecule has 6 heteroatoms. The highest BCUT2D eigenvalue weighted by Crippen LogP contribution is 2.45. The zero-order chi connectivity index (χ0) is 21.2. The lowest BCUT2D eigenvalue weighted by atomic mass is 9.77. The van der Waals surface area contributed by atoms with Gasteiger partial charge in [0.15, 0.2) is 0 Å². The first-order chi connectivity index (χ1) is 15.3. The first-order valence-corrected chi connectivity index (χ1v) is 11.4. The molecule has 6 nitrogen and oxygen atoms in total. The van der Waals surface area contributed by atoms with Gasteiger partial charge >= 0.3 is 6.09 Å². The van der Waals surface area contributed by atoms with Gasteiger partial charge in [-0.15, -0.1) is 0 Å². The molecule has 160 valence electrons. The number of carbonyl (C=O) groups excluding carboxylic acids is 1. The van der Waals surface area contributed by atoms with Gasteiger partial charge in [0.1, 0.15) is 6.61 Å². The zero-order valence-corrected chi connectivity index (χ0v) is 17.7. The largest absolute Gasteiger partial charge is 0.448 e. The third-order valence-electron chi connectivity index (χ3n) is 7.32. The van der Waals surface area contributed by atoms with E-state index in [0.717, 1.165) is 32.1 Å². The van der Waals surface area contributed by atoms with Crippen LogP contribution in [-0.4, -0.2) is 36.2 Å². The minimum Gasteiger partial charge on any atom is -0.448 e. The van der Waals surface area contributed by atoms with Gasteiger partial charge in [-0.05, 0) is 72.2 Å². The molecule has 2 aromatic carbocycles. The summed E-state index contributed by atoms with van der Waals surface area (Å²) in [5, 5.41) is 3.70. The van der Waals surface area contributed by atoms with Crippen molar-refractivity contribution in [1.82, 2.24) is 4.90 Å². The summed E-state index contributed by atoms with van der Waals surface area (Å²) in [5.74, 6) is 0.621. The van der Waals surface area contributed by atoms with Crippen LogP contribution in [0.15, 0.2) is 53.6 Å². The molecule has 2 bridgehead atoms. The molecule has 5 rings (SSSR count). The Bertz CT molecular complexity index is 957. The first-order valence-electron chi connectivity index (χ1n) is 11.4. The summed E-state index contributed by atoms with van der Waals surface area (Å²) in [4.78, 5) is 18.1. The van der Waals surface area contributed by atoms with Crippen molar-refractivity contribution in [3.63, 3.8) is 0 Å². The molecule has 2 aliphatic heterocycles. The van der Waals surface area contributed by atoms with Crippen LogP contribution in [0.2, 0.25) is 0 Å². The van der Waals surface area contributed by atoms with Crippen LogP contribution in [-0.2, 0) is 4.74 Å². The fourth-order valence-corrected chi connectivity index (χ4v) is 5.98. The lowest BCUT2D eigenvalue weighted by molar-refractivity contribution is 0.00420. The fourth-order valence-electron chi connectivity index (χ4n) is 5.98. The maximum atomic E-state index is 13.2. The third kappa shape index (κ3) is 3.77. The molecule has 3 aliphatic rings. The van der Waals surface area contributed by atoms with E-state index in [0.29, 0.717) is 19.1 Å². The van der Waals surface area contributed by atoms with Gasteiger partial charge in [0.2, 0.25) is 0 Å². The van der Waals surface area contributed by atoms with Crippen molar-refractivity contribution in [2.24, 2.45) is 11.0 Å². The van der Waals surface area contributed by atoms with Crippen molar-refractivity contribution in [2.45, 2.75) is 56.5 Å². The SMILES string of the molecule is [N-]=[N+]=NCCC1CC2CCCC(C1)N2C(=O)OCC1c2ccccc2-c2ccccc21. The number of benzene rings is 2. The molecule has 2 atom stereocenters. The van der Waals surface area contributed by atoms with Crippen molar-refractivity contribution >= 4 is 6.09 Å². The molecule has 0 spiro atoms. The van der Waals surface area contributed by atoms with E-state index in [4.69, 9.17) is 10.3 Å². The van der Waals surface area contributed by atoms with E-state index >= 15 is 0 Å². The number of rotatable bonds is 5. The van der Waals surface area contributed by atoms with Crippen molar-refractivity contribution in [3.05, 3.63) is 70.1 Å². The summed E-state index contributed by atoms with van der Waals surface area (Å²) >= 11 is 0. The second-order valence-electron chi connectivity index (χ2n) is 9.03. The Kier molecular flexibility index (Phi) is 5.56. The number of hydrogen-bond donors (Lipinski definition) is 0. The molecule has 2 saturated heterocycles. The number of hydrogen-bond acceptors (Lipinski definition) is 3. The quantitative estimate of drug-likeness (QED) is 0.327. The van der Waals surface area contributed by atoms with Crippen molar-refractivity contribution in [2.75, 3.05) is 13.2 Å². The number of fused-ring (bicyclic) bond motifs is 5. The van der Waals surface area contributed by atoms with E-state index in [1.807, 2.05) is 4.90 Å². The number of piperidine rings is 2. The number of azide groups is 1. The third-order valence-corrected chi connectivity index (χ3v) is 7.32. The van der Waals surface area contributed by atoms with Crippen LogP contribution in [0.1, 0.15) is 55.6 Å². The number of nitrogens with zero attached hydrogens (tertiary/aromatic N) is 4. The van der Waals surface area contributed by atoms with E-state index in [2.05, 4.69) is 58.6 Å². The minimum absolute atomic E-state index is 0.0950. The lowest BCUT2D eigenvalue weighted by Crippen LogP contribution is -2.55. The molecule has 2 unspecified atom stereocenters. The van der Waals surface area contributed by atoms with Crippen LogP contribution >= 0.6 is 0 Å². The van der Waals surface area contributed by atoms with Gasteiger partial charge in [0.25, 0.3) is 0 Å². The molecular formula is C25H28N4O2. The molecule has 2 aromatic rings. The summed E-state index contributed by atoms with van der Waals surface area (Å²) in [5.41, 5.74) is 13.5. The minimum atomic E-state index is -0.162. The lowest BCUT2D eigenvalue weighted by Gasteiger charge is -2.48. The van der Waals surface area contributed by atoms with E-state index in [9.17, 15) is 4.79 Å². The Morgan fingerprint density at radius 3 is 2.26 bits per heavy atom. The van der Waals surface area contributed by atoms with Crippen LogP contribution in [0.4, 0.5) is 4.79 Å². The molecule has 1 amide bonds. The summed E-state index contributed by atoms with van der Waals surface area (Å²) in [6.45, 7) is 0.925. The zero-order valence-electron chi connectivity index (χ0n) is 17.7. The number of ether oxygens (including phenoxy) is 1. The van der Waals surface area contributed by atoms with Crippen molar-refractivity contribution in [1.29, 1.82) is 0 Å². The standard InChI is InChI=1S/C25H28N4O2/c26-28-27-13-12-17-14-18-6-5-7-19(15-17)29(18)25(30)31-16-24-22-10-3-1-8-20(22)21-9-2-4-11-23(21)24/h1-4,8-11,17-19,24H,5-7,12-16H2. The second kappa shape index (κ2) is 8.64. The van der Waals surface area contributed by atoms with E-state index in [-0.39, 0.29) is 24.1 Å². The highest BCUT2D eigenvalue weighted by molar-refractivity contribution is 5.79. The summed E-state index contributed by atoms with van der Waals surface area (Å²) in [7, 11) is 0. The van der Waals surface area contributed by atoms with Gasteiger partial charge in [-0.25, -0.2) is 4.79 Å². The van der Waals surface area contributed by atoms with Gasteiger partial charge in [0.05, 0.1) is 0 Å². The van der Waals surface area contributed by atoms with Crippen LogP contribution in [0.5, 0.6) is 0 Å². The highest BCUT2D eigenvalue weighted by atomic mass is 16.6. The van der Waals surface area contributed by atoms with Gasteiger partial charge < -0.3 is 9.64 Å². The Labute approximate surface area is 182 Å². The second-order valence-corrected chi connectivity index (χ2v) is 9.03. The van der Waals surface area contributed by atoms with E-state index in [1.165, 1.54) is 28.7 Å². The average Bonchev–Trinajstić information content (AvgIpc) is 3.11. The van der Waals surface area contributed by atoms with Crippen molar-refractivity contribution in [3.8, 4) is 11.1 Å². The summed E-state index contributed by atoms with van der Waals surface area (Å²) in [6.07, 6.45) is 5.98. The number of carbonyl (C=O) groups is 1. The van der Waals surface area contributed by atoms with Gasteiger partial charge in [-0.1, -0.05) is 53.6 Å². The Morgan fingerprint density at radius 2 is 1.65 bits per heavy atom. The normalized spacial score (nSPS) is 24.1. The molecule has 0 aromatic heterocycles. The summed E-state index contributed by atoms with van der Waals surface area (Å²) in [6, 6.07) is 17.4. The Morgan fingerprint density at radius 1 is 1.03 bits per heavy atom. The maximum absolute atomic E-state index is 13.2. The van der Waals surface area contributed by atoms with E-state index in [1.54, 1.807) is 0 Å². The predicted octanol–water partition coefficient (Wildman–Crippen LogP) is 6.27. The van der Waals surface area contributed by atoms with Crippen LogP contribution in [0.3, 0.4) is 0 Å². The van der Waals surface area contributed by atoms with Crippen LogP contribution in [0.25, 0.3) is 21.6 Å². The fraction of sp³-hybridized carbons (Fsp3) is 0.480. The van der Waals surface area contributed by atoms with Crippen molar-refractivity contribution < 1.29 is 9.53 Å². The Hall–Kier alpha value is -2.98.